The summed E-state index contributed by atoms with van der Waals surface area (Å²) >= 11 is 0. The van der Waals surface area contributed by atoms with Crippen molar-refractivity contribution in [3.63, 3.8) is 0 Å². The number of hydrogen-bond acceptors (Lipinski definition) is 3. The largest absolute Gasteiger partial charge is 0.497 e. The van der Waals surface area contributed by atoms with Gasteiger partial charge in [-0.15, -0.1) is 0 Å². The standard InChI is InChI=1S/C19H22N4O2/c1-23-17-10-4-3-9-16(17)22-18(23)11-6-12-20-19(24)21-14-7-5-8-15(13-14)25-2/h3-5,7-10,13H,6,11-12H2,1-2H3,(H2,20,21,24). The number of benzene rings is 2. The van der Waals surface area contributed by atoms with Crippen molar-refractivity contribution in [1.29, 1.82) is 0 Å². The first-order valence-corrected chi connectivity index (χ1v) is 8.26. The van der Waals surface area contributed by atoms with E-state index in [-0.39, 0.29) is 6.03 Å². The van der Waals surface area contributed by atoms with Crippen LogP contribution in [0.15, 0.2) is 48.5 Å². The van der Waals surface area contributed by atoms with Crippen LogP contribution in [0.4, 0.5) is 10.5 Å². The van der Waals surface area contributed by atoms with Gasteiger partial charge in [0.15, 0.2) is 0 Å². The zero-order valence-corrected chi connectivity index (χ0v) is 14.5. The van der Waals surface area contributed by atoms with Gasteiger partial charge < -0.3 is 19.9 Å². The fourth-order valence-electron chi connectivity index (χ4n) is 2.74. The number of nitrogens with one attached hydrogen (secondary N) is 2. The summed E-state index contributed by atoms with van der Waals surface area (Å²) in [6.07, 6.45) is 1.63. The van der Waals surface area contributed by atoms with Crippen LogP contribution < -0.4 is 15.4 Å². The molecule has 3 rings (SSSR count). The molecule has 2 N–H and O–H groups in total. The molecule has 130 valence electrons. The number of nitrogens with zero attached hydrogens (tertiary/aromatic N) is 2. The van der Waals surface area contributed by atoms with Gasteiger partial charge in [0.25, 0.3) is 0 Å². The number of urea groups is 1. The lowest BCUT2D eigenvalue weighted by molar-refractivity contribution is 0.252. The van der Waals surface area contributed by atoms with E-state index >= 15 is 0 Å². The Bertz CT molecular complexity index is 873. The van der Waals surface area contributed by atoms with Crippen molar-refractivity contribution in [2.45, 2.75) is 12.8 Å². The van der Waals surface area contributed by atoms with Crippen molar-refractivity contribution in [2.24, 2.45) is 7.05 Å². The van der Waals surface area contributed by atoms with Gasteiger partial charge in [-0.1, -0.05) is 18.2 Å². The summed E-state index contributed by atoms with van der Waals surface area (Å²) in [5, 5.41) is 5.66. The first kappa shape index (κ1) is 16.8. The molecule has 3 aromatic rings. The zero-order chi connectivity index (χ0) is 17.6. The van der Waals surface area contributed by atoms with Crippen LogP contribution in [0.5, 0.6) is 5.75 Å². The second-order valence-electron chi connectivity index (χ2n) is 5.79. The fraction of sp³-hybridized carbons (Fsp3) is 0.263. The zero-order valence-electron chi connectivity index (χ0n) is 14.5. The van der Waals surface area contributed by atoms with Gasteiger partial charge in [0.2, 0.25) is 0 Å². The van der Waals surface area contributed by atoms with Crippen molar-refractivity contribution in [3.05, 3.63) is 54.4 Å². The van der Waals surface area contributed by atoms with Crippen LogP contribution in [-0.2, 0) is 13.5 Å². The predicted octanol–water partition coefficient (Wildman–Crippen LogP) is 3.34. The summed E-state index contributed by atoms with van der Waals surface area (Å²) in [5.41, 5.74) is 2.83. The predicted molar refractivity (Wildman–Crippen MR) is 99.1 cm³/mol. The molecule has 0 aliphatic carbocycles. The molecule has 0 bridgehead atoms. The Morgan fingerprint density at radius 2 is 2.04 bits per heavy atom. The van der Waals surface area contributed by atoms with E-state index in [0.717, 1.165) is 29.7 Å². The highest BCUT2D eigenvalue weighted by atomic mass is 16.5. The van der Waals surface area contributed by atoms with E-state index in [0.29, 0.717) is 18.0 Å². The van der Waals surface area contributed by atoms with E-state index < -0.39 is 0 Å². The second kappa shape index (κ2) is 7.70. The van der Waals surface area contributed by atoms with Crippen molar-refractivity contribution in [3.8, 4) is 5.75 Å². The summed E-state index contributed by atoms with van der Waals surface area (Å²) in [5.74, 6) is 1.73. The number of methoxy groups -OCH3 is 1. The molecule has 0 atom stereocenters. The van der Waals surface area contributed by atoms with Crippen LogP contribution in [0.25, 0.3) is 11.0 Å². The number of anilines is 1. The van der Waals surface area contributed by atoms with Gasteiger partial charge in [0.1, 0.15) is 11.6 Å². The van der Waals surface area contributed by atoms with E-state index in [1.807, 2.05) is 43.4 Å². The van der Waals surface area contributed by atoms with Crippen LogP contribution in [0, 0.1) is 0 Å². The van der Waals surface area contributed by atoms with E-state index in [4.69, 9.17) is 4.74 Å². The Balaban J connectivity index is 1.47. The molecule has 0 spiro atoms. The molecule has 0 fully saturated rings. The quantitative estimate of drug-likeness (QED) is 0.677. The lowest BCUT2D eigenvalue weighted by atomic mass is 10.3. The molecule has 0 unspecified atom stereocenters. The first-order valence-electron chi connectivity index (χ1n) is 8.26. The molecular weight excluding hydrogens is 316 g/mol. The molecule has 2 aromatic carbocycles. The summed E-state index contributed by atoms with van der Waals surface area (Å²) in [6, 6.07) is 15.1. The van der Waals surface area contributed by atoms with E-state index in [2.05, 4.69) is 26.3 Å². The minimum absolute atomic E-state index is 0.224. The molecular formula is C19H22N4O2. The number of aryl methyl sites for hydroxylation is 2. The average molecular weight is 338 g/mol. The lowest BCUT2D eigenvalue weighted by Gasteiger charge is -2.09. The van der Waals surface area contributed by atoms with Gasteiger partial charge in [-0.2, -0.15) is 0 Å². The number of imidazole rings is 1. The highest BCUT2D eigenvalue weighted by Gasteiger charge is 2.07. The number of fused-ring (bicyclic) bond motifs is 1. The second-order valence-corrected chi connectivity index (χ2v) is 5.79. The van der Waals surface area contributed by atoms with Gasteiger partial charge in [-0.25, -0.2) is 9.78 Å². The highest BCUT2D eigenvalue weighted by molar-refractivity contribution is 5.89. The van der Waals surface area contributed by atoms with Crippen molar-refractivity contribution < 1.29 is 9.53 Å². The number of aromatic nitrogens is 2. The third kappa shape index (κ3) is 4.09. The first-order chi connectivity index (χ1) is 12.2. The Kier molecular flexibility index (Phi) is 5.18. The Morgan fingerprint density at radius 1 is 1.20 bits per heavy atom. The topological polar surface area (TPSA) is 68.2 Å². The lowest BCUT2D eigenvalue weighted by Crippen LogP contribution is -2.29. The summed E-state index contributed by atoms with van der Waals surface area (Å²) in [6.45, 7) is 0.582. The number of hydrogen-bond donors (Lipinski definition) is 2. The molecule has 6 heteroatoms. The van der Waals surface area contributed by atoms with Gasteiger partial charge >= 0.3 is 6.03 Å². The van der Waals surface area contributed by atoms with Crippen LogP contribution >= 0.6 is 0 Å². The molecule has 6 nitrogen and oxygen atoms in total. The van der Waals surface area contributed by atoms with Gasteiger partial charge in [-0.3, -0.25) is 0 Å². The van der Waals surface area contributed by atoms with Crippen LogP contribution in [0.1, 0.15) is 12.2 Å². The summed E-state index contributed by atoms with van der Waals surface area (Å²) < 4.78 is 7.24. The summed E-state index contributed by atoms with van der Waals surface area (Å²) in [7, 11) is 3.62. The average Bonchev–Trinajstić information content (AvgIpc) is 2.95. The highest BCUT2D eigenvalue weighted by Crippen LogP contribution is 2.17. The maximum absolute atomic E-state index is 11.9. The molecule has 1 heterocycles. The third-order valence-corrected chi connectivity index (χ3v) is 4.07. The molecule has 0 radical (unpaired) electrons. The number of amides is 2. The molecule has 0 aliphatic heterocycles. The smallest absolute Gasteiger partial charge is 0.319 e. The van der Waals surface area contributed by atoms with Gasteiger partial charge in [0, 0.05) is 31.8 Å². The third-order valence-electron chi connectivity index (χ3n) is 4.07. The molecule has 2 amide bonds. The van der Waals surface area contributed by atoms with Crippen molar-refractivity contribution in [2.75, 3.05) is 19.0 Å². The fourth-order valence-corrected chi connectivity index (χ4v) is 2.74. The Hall–Kier alpha value is -3.02. The van der Waals surface area contributed by atoms with Gasteiger partial charge in [-0.05, 0) is 30.7 Å². The van der Waals surface area contributed by atoms with E-state index in [1.54, 1.807) is 13.2 Å². The van der Waals surface area contributed by atoms with E-state index in [1.165, 1.54) is 0 Å². The maximum atomic E-state index is 11.9. The minimum Gasteiger partial charge on any atom is -0.497 e. The molecule has 0 saturated heterocycles. The number of carbonyl (C=O) groups excluding carboxylic acids is 1. The van der Waals surface area contributed by atoms with Crippen LogP contribution in [-0.4, -0.2) is 29.2 Å². The maximum Gasteiger partial charge on any atom is 0.319 e. The van der Waals surface area contributed by atoms with Crippen molar-refractivity contribution >= 4 is 22.8 Å². The SMILES string of the molecule is COc1cccc(NC(=O)NCCCc2nc3ccccc3n2C)c1. The van der Waals surface area contributed by atoms with Crippen LogP contribution in [0.2, 0.25) is 0 Å². The number of ether oxygens (including phenoxy) is 1. The molecule has 1 aromatic heterocycles. The number of para-hydroxylation sites is 2. The molecule has 0 aliphatic rings. The Labute approximate surface area is 146 Å². The normalized spacial score (nSPS) is 10.6. The monoisotopic (exact) mass is 338 g/mol. The van der Waals surface area contributed by atoms with Crippen LogP contribution in [0.3, 0.4) is 0 Å². The van der Waals surface area contributed by atoms with Crippen molar-refractivity contribution in [1.82, 2.24) is 14.9 Å². The summed E-state index contributed by atoms with van der Waals surface area (Å²) in [4.78, 5) is 16.6. The number of rotatable bonds is 6. The molecule has 0 saturated carbocycles. The van der Waals surface area contributed by atoms with Gasteiger partial charge in [0.05, 0.1) is 18.1 Å². The minimum atomic E-state index is -0.224. The Morgan fingerprint density at radius 3 is 2.84 bits per heavy atom. The molecule has 25 heavy (non-hydrogen) atoms. The van der Waals surface area contributed by atoms with E-state index in [9.17, 15) is 4.79 Å². The number of carbonyl (C=O) groups is 1.